The molecular formula is C14H21NO3. The van der Waals surface area contributed by atoms with Crippen LogP contribution in [0.5, 0.6) is 5.75 Å². The lowest BCUT2D eigenvalue weighted by Crippen LogP contribution is -2.44. The van der Waals surface area contributed by atoms with E-state index in [1.165, 1.54) is 4.90 Å². The van der Waals surface area contributed by atoms with Crippen molar-refractivity contribution in [1.82, 2.24) is 4.90 Å². The normalized spacial score (nSPS) is 13.8. The summed E-state index contributed by atoms with van der Waals surface area (Å²) in [6, 6.07) is 7.37. The number of aryl methyl sites for hydroxylation is 1. The molecule has 0 radical (unpaired) electrons. The van der Waals surface area contributed by atoms with Crippen molar-refractivity contribution in [2.45, 2.75) is 32.9 Å². The Morgan fingerprint density at radius 2 is 2.11 bits per heavy atom. The van der Waals surface area contributed by atoms with E-state index in [9.17, 15) is 4.79 Å². The fourth-order valence-electron chi connectivity index (χ4n) is 1.57. The number of ether oxygens (including phenoxy) is 1. The maximum atomic E-state index is 12.0. The number of benzene rings is 1. The van der Waals surface area contributed by atoms with Crippen LogP contribution in [-0.4, -0.2) is 41.7 Å². The molecule has 0 bridgehead atoms. The molecule has 0 saturated heterocycles. The van der Waals surface area contributed by atoms with E-state index in [2.05, 4.69) is 0 Å². The molecule has 1 aromatic rings. The van der Waals surface area contributed by atoms with E-state index >= 15 is 0 Å². The van der Waals surface area contributed by atoms with Gasteiger partial charge in [0.05, 0.1) is 12.6 Å². The van der Waals surface area contributed by atoms with Gasteiger partial charge in [0.1, 0.15) is 5.75 Å². The van der Waals surface area contributed by atoms with Gasteiger partial charge in [0.2, 0.25) is 0 Å². The van der Waals surface area contributed by atoms with E-state index in [0.717, 1.165) is 5.56 Å². The third kappa shape index (κ3) is 3.74. The van der Waals surface area contributed by atoms with Crippen molar-refractivity contribution in [3.05, 3.63) is 29.8 Å². The van der Waals surface area contributed by atoms with Gasteiger partial charge in [0.25, 0.3) is 5.91 Å². The Bertz CT molecular complexity index is 406. The molecule has 100 valence electrons. The molecule has 0 saturated carbocycles. The summed E-state index contributed by atoms with van der Waals surface area (Å²) < 4.78 is 5.60. The summed E-state index contributed by atoms with van der Waals surface area (Å²) >= 11 is 0. The predicted octanol–water partition coefficient (Wildman–Crippen LogP) is 1.60. The van der Waals surface area contributed by atoms with Gasteiger partial charge < -0.3 is 14.7 Å². The average molecular weight is 251 g/mol. The summed E-state index contributed by atoms with van der Waals surface area (Å²) in [6.45, 7) is 5.42. The zero-order chi connectivity index (χ0) is 13.7. The van der Waals surface area contributed by atoms with Gasteiger partial charge in [-0.2, -0.15) is 0 Å². The fourth-order valence-corrected chi connectivity index (χ4v) is 1.57. The smallest absolute Gasteiger partial charge is 0.263 e. The van der Waals surface area contributed by atoms with Gasteiger partial charge in [-0.25, -0.2) is 0 Å². The molecule has 0 fully saturated rings. The Morgan fingerprint density at radius 3 is 2.67 bits per heavy atom. The zero-order valence-corrected chi connectivity index (χ0v) is 11.4. The third-order valence-corrected chi connectivity index (χ3v) is 2.92. The molecular weight excluding hydrogens is 230 g/mol. The highest BCUT2D eigenvalue weighted by molar-refractivity contribution is 5.80. The summed E-state index contributed by atoms with van der Waals surface area (Å²) in [6.07, 6.45) is -0.564. The van der Waals surface area contributed by atoms with Crippen molar-refractivity contribution in [3.8, 4) is 5.75 Å². The minimum atomic E-state index is -0.564. The highest BCUT2D eigenvalue weighted by Gasteiger charge is 2.22. The molecule has 4 nitrogen and oxygen atoms in total. The SMILES string of the molecule is Cc1cccc(OC(C)C(=O)N(C)C(C)CO)c1. The minimum absolute atomic E-state index is 0.0561. The van der Waals surface area contributed by atoms with Gasteiger partial charge in [-0.15, -0.1) is 0 Å². The lowest BCUT2D eigenvalue weighted by Gasteiger charge is -2.26. The Balaban J connectivity index is 2.65. The van der Waals surface area contributed by atoms with Crippen LogP contribution in [0, 0.1) is 6.92 Å². The van der Waals surface area contributed by atoms with Crippen LogP contribution < -0.4 is 4.74 Å². The molecule has 0 aliphatic heterocycles. The van der Waals surface area contributed by atoms with E-state index in [4.69, 9.17) is 9.84 Å². The largest absolute Gasteiger partial charge is 0.481 e. The van der Waals surface area contributed by atoms with Crippen LogP contribution in [0.1, 0.15) is 19.4 Å². The quantitative estimate of drug-likeness (QED) is 0.864. The number of likely N-dealkylation sites (N-methyl/N-ethyl adjacent to an activating group) is 1. The van der Waals surface area contributed by atoms with E-state index in [0.29, 0.717) is 5.75 Å². The molecule has 4 heteroatoms. The Morgan fingerprint density at radius 1 is 1.44 bits per heavy atom. The third-order valence-electron chi connectivity index (χ3n) is 2.92. The first-order valence-electron chi connectivity index (χ1n) is 6.06. The first-order valence-corrected chi connectivity index (χ1v) is 6.06. The van der Waals surface area contributed by atoms with E-state index < -0.39 is 6.10 Å². The molecule has 0 aliphatic rings. The molecule has 1 rings (SSSR count). The molecule has 1 aromatic carbocycles. The second kappa shape index (κ2) is 6.40. The second-order valence-corrected chi connectivity index (χ2v) is 4.56. The maximum Gasteiger partial charge on any atom is 0.263 e. The number of hydrogen-bond donors (Lipinski definition) is 1. The first kappa shape index (κ1) is 14.5. The lowest BCUT2D eigenvalue weighted by atomic mass is 10.2. The number of amides is 1. The maximum absolute atomic E-state index is 12.0. The van der Waals surface area contributed by atoms with Crippen molar-refractivity contribution in [1.29, 1.82) is 0 Å². The Kier molecular flexibility index (Phi) is 5.16. The highest BCUT2D eigenvalue weighted by Crippen LogP contribution is 2.15. The summed E-state index contributed by atoms with van der Waals surface area (Å²) in [5, 5.41) is 9.03. The van der Waals surface area contributed by atoms with Crippen molar-refractivity contribution in [3.63, 3.8) is 0 Å². The molecule has 1 amide bonds. The standard InChI is InChI=1S/C14H21NO3/c1-10-6-5-7-13(8-10)18-12(3)14(17)15(4)11(2)9-16/h5-8,11-12,16H,9H2,1-4H3. The molecule has 0 spiro atoms. The van der Waals surface area contributed by atoms with Gasteiger partial charge in [-0.05, 0) is 38.5 Å². The molecule has 0 heterocycles. The lowest BCUT2D eigenvalue weighted by molar-refractivity contribution is -0.139. The van der Waals surface area contributed by atoms with Gasteiger partial charge >= 0.3 is 0 Å². The van der Waals surface area contributed by atoms with Gasteiger partial charge in [0.15, 0.2) is 6.10 Å². The van der Waals surface area contributed by atoms with Crippen molar-refractivity contribution < 1.29 is 14.6 Å². The predicted molar refractivity (Wildman–Crippen MR) is 70.6 cm³/mol. The molecule has 2 atom stereocenters. The van der Waals surface area contributed by atoms with Gasteiger partial charge in [-0.1, -0.05) is 12.1 Å². The van der Waals surface area contributed by atoms with Crippen LogP contribution in [0.3, 0.4) is 0 Å². The second-order valence-electron chi connectivity index (χ2n) is 4.56. The van der Waals surface area contributed by atoms with Crippen LogP contribution in [0.2, 0.25) is 0 Å². The number of carbonyl (C=O) groups excluding carboxylic acids is 1. The summed E-state index contributed by atoms with van der Waals surface area (Å²) in [5.41, 5.74) is 1.09. The minimum Gasteiger partial charge on any atom is -0.481 e. The Hall–Kier alpha value is -1.55. The molecule has 2 unspecified atom stereocenters. The van der Waals surface area contributed by atoms with Crippen molar-refractivity contribution in [2.75, 3.05) is 13.7 Å². The number of nitrogens with zero attached hydrogens (tertiary/aromatic N) is 1. The summed E-state index contributed by atoms with van der Waals surface area (Å²) in [7, 11) is 1.67. The van der Waals surface area contributed by atoms with Crippen LogP contribution >= 0.6 is 0 Å². The monoisotopic (exact) mass is 251 g/mol. The van der Waals surface area contributed by atoms with Gasteiger partial charge in [0, 0.05) is 7.05 Å². The van der Waals surface area contributed by atoms with Crippen molar-refractivity contribution in [2.24, 2.45) is 0 Å². The summed E-state index contributed by atoms with van der Waals surface area (Å²) in [5.74, 6) is 0.541. The molecule has 18 heavy (non-hydrogen) atoms. The highest BCUT2D eigenvalue weighted by atomic mass is 16.5. The summed E-state index contributed by atoms with van der Waals surface area (Å²) in [4.78, 5) is 13.5. The van der Waals surface area contributed by atoms with E-state index in [-0.39, 0.29) is 18.6 Å². The van der Waals surface area contributed by atoms with Crippen LogP contribution in [0.25, 0.3) is 0 Å². The topological polar surface area (TPSA) is 49.8 Å². The number of aliphatic hydroxyl groups is 1. The van der Waals surface area contributed by atoms with Crippen LogP contribution in [-0.2, 0) is 4.79 Å². The first-order chi connectivity index (χ1) is 8.45. The van der Waals surface area contributed by atoms with Crippen LogP contribution in [0.4, 0.5) is 0 Å². The van der Waals surface area contributed by atoms with E-state index in [1.54, 1.807) is 20.9 Å². The van der Waals surface area contributed by atoms with Crippen molar-refractivity contribution >= 4 is 5.91 Å². The molecule has 1 N–H and O–H groups in total. The van der Waals surface area contributed by atoms with E-state index in [1.807, 2.05) is 31.2 Å². The number of rotatable bonds is 5. The van der Waals surface area contributed by atoms with Crippen LogP contribution in [0.15, 0.2) is 24.3 Å². The fraction of sp³-hybridized carbons (Fsp3) is 0.500. The van der Waals surface area contributed by atoms with Gasteiger partial charge in [-0.3, -0.25) is 4.79 Å². The zero-order valence-electron chi connectivity index (χ0n) is 11.4. The average Bonchev–Trinajstić information content (AvgIpc) is 2.36. The molecule has 0 aliphatic carbocycles. The molecule has 0 aromatic heterocycles. The Labute approximate surface area is 108 Å². The number of aliphatic hydroxyl groups excluding tert-OH is 1. The number of hydrogen-bond acceptors (Lipinski definition) is 3. The number of carbonyl (C=O) groups is 1.